The largest absolute Gasteiger partial charge is 0.513 e. The van der Waals surface area contributed by atoms with E-state index >= 15 is 0 Å². The van der Waals surface area contributed by atoms with Gasteiger partial charge in [-0.3, -0.25) is 24.3 Å². The number of hydrogen-bond acceptors (Lipinski definition) is 8. The molecule has 12 heteroatoms. The Morgan fingerprint density at radius 1 is 1.20 bits per heavy atom. The summed E-state index contributed by atoms with van der Waals surface area (Å²) in [5.41, 5.74) is -1.84. The number of rotatable bonds is 4. The Hall–Kier alpha value is -4.22. The number of aromatic nitrogens is 2. The number of nitro benzene ring substituents is 1. The van der Waals surface area contributed by atoms with Crippen LogP contribution in [0, 0.1) is 15.9 Å². The quantitative estimate of drug-likeness (QED) is 0.387. The number of fused-ring (bicyclic) bond motifs is 1. The van der Waals surface area contributed by atoms with E-state index in [2.05, 4.69) is 10.1 Å². The van der Waals surface area contributed by atoms with Crippen LogP contribution in [0.4, 0.5) is 26.2 Å². The summed E-state index contributed by atoms with van der Waals surface area (Å²) in [5, 5.41) is 13.3. The lowest BCUT2D eigenvalue weighted by Gasteiger charge is -2.16. The van der Waals surface area contributed by atoms with Crippen molar-refractivity contribution in [3.63, 3.8) is 0 Å². The smallest absolute Gasteiger partial charge is 0.437 e. The molecule has 156 valence electrons. The van der Waals surface area contributed by atoms with Gasteiger partial charge < -0.3 is 19.4 Å². The first-order chi connectivity index (χ1) is 14.1. The first-order valence-electron chi connectivity index (χ1n) is 8.34. The molecule has 2 heterocycles. The second-order valence-electron chi connectivity index (χ2n) is 6.19. The lowest BCUT2D eigenvalue weighted by atomic mass is 10.2. The number of carbonyl (C=O) groups excluding carboxylic acids is 1. The average Bonchev–Trinajstić information content (AvgIpc) is 2.69. The van der Waals surface area contributed by atoms with Gasteiger partial charge in [0.1, 0.15) is 5.65 Å². The Morgan fingerprint density at radius 3 is 2.50 bits per heavy atom. The van der Waals surface area contributed by atoms with Gasteiger partial charge in [-0.15, -0.1) is 0 Å². The number of anilines is 2. The van der Waals surface area contributed by atoms with E-state index in [0.717, 1.165) is 25.3 Å². The van der Waals surface area contributed by atoms with Crippen molar-refractivity contribution < 1.29 is 23.6 Å². The molecule has 0 saturated heterocycles. The molecule has 0 aliphatic carbocycles. The third-order valence-electron chi connectivity index (χ3n) is 4.30. The molecule has 3 aromatic rings. The average molecular weight is 418 g/mol. The highest BCUT2D eigenvalue weighted by molar-refractivity contribution is 5.92. The number of ether oxygens (including phenoxy) is 2. The van der Waals surface area contributed by atoms with Crippen molar-refractivity contribution in [3.05, 3.63) is 67.0 Å². The summed E-state index contributed by atoms with van der Waals surface area (Å²) in [7, 11) is 4.02. The second-order valence-corrected chi connectivity index (χ2v) is 6.19. The van der Waals surface area contributed by atoms with Crippen molar-refractivity contribution in [1.82, 2.24) is 9.13 Å². The van der Waals surface area contributed by atoms with Crippen molar-refractivity contribution in [1.29, 1.82) is 0 Å². The van der Waals surface area contributed by atoms with Crippen molar-refractivity contribution in [3.8, 4) is 5.75 Å². The topological polar surface area (TPSA) is 135 Å². The van der Waals surface area contributed by atoms with Crippen LogP contribution in [0.25, 0.3) is 11.0 Å². The lowest BCUT2D eigenvalue weighted by Crippen LogP contribution is -2.24. The highest BCUT2D eigenvalue weighted by Gasteiger charge is 2.20. The maximum absolute atomic E-state index is 14.3. The lowest BCUT2D eigenvalue weighted by molar-refractivity contribution is -0.385. The first kappa shape index (κ1) is 20.5. The van der Waals surface area contributed by atoms with Crippen LogP contribution in [0.2, 0.25) is 0 Å². The summed E-state index contributed by atoms with van der Waals surface area (Å²) in [4.78, 5) is 46.8. The Labute approximate surface area is 167 Å². The van der Waals surface area contributed by atoms with Gasteiger partial charge in [-0.2, -0.15) is 0 Å². The molecular formula is C18H15FN4O7. The molecule has 30 heavy (non-hydrogen) atoms. The predicted octanol–water partition coefficient (Wildman–Crippen LogP) is 2.17. The second kappa shape index (κ2) is 7.66. The summed E-state index contributed by atoms with van der Waals surface area (Å²) in [6.45, 7) is 0. The highest BCUT2D eigenvalue weighted by atomic mass is 19.1. The number of nitro groups is 1. The number of non-ortho nitro benzene ring substituents is 1. The minimum Gasteiger partial charge on any atom is -0.437 e. The van der Waals surface area contributed by atoms with Crippen molar-refractivity contribution in [2.75, 3.05) is 12.4 Å². The van der Waals surface area contributed by atoms with Gasteiger partial charge in [0, 0.05) is 26.2 Å². The van der Waals surface area contributed by atoms with Crippen LogP contribution in [0.1, 0.15) is 0 Å². The van der Waals surface area contributed by atoms with E-state index in [9.17, 15) is 28.9 Å². The van der Waals surface area contributed by atoms with E-state index in [4.69, 9.17) is 4.74 Å². The third-order valence-corrected chi connectivity index (χ3v) is 4.30. The fourth-order valence-electron chi connectivity index (χ4n) is 2.91. The molecule has 1 N–H and O–H groups in total. The Kier molecular flexibility index (Phi) is 5.24. The Balaban J connectivity index is 2.25. The minimum atomic E-state index is -1.12. The van der Waals surface area contributed by atoms with Crippen LogP contribution in [-0.4, -0.2) is 27.3 Å². The van der Waals surface area contributed by atoms with Gasteiger partial charge >= 0.3 is 6.16 Å². The number of pyridine rings is 2. The highest BCUT2D eigenvalue weighted by Crippen LogP contribution is 2.27. The molecular weight excluding hydrogens is 403 g/mol. The standard InChI is InChI=1S/C18H15FN4O7/c1-21-8-13(30-18(26)29-3)16(25)15-12(7-14(24)22(2)17(15)21)20-11-5-4-9(23(27)28)6-10(11)19/h4-8,20H,1-3H3. The van der Waals surface area contributed by atoms with E-state index in [1.807, 2.05) is 0 Å². The molecule has 0 aliphatic heterocycles. The molecule has 0 unspecified atom stereocenters. The minimum absolute atomic E-state index is 0.0706. The SMILES string of the molecule is COC(=O)Oc1cn(C)c2c(c(Nc3ccc([N+](=O)[O-])cc3F)cc(=O)n2C)c1=O. The number of carbonyl (C=O) groups is 1. The fourth-order valence-corrected chi connectivity index (χ4v) is 2.91. The molecule has 3 rings (SSSR count). The van der Waals surface area contributed by atoms with Gasteiger partial charge in [0.2, 0.25) is 5.43 Å². The van der Waals surface area contributed by atoms with Crippen LogP contribution in [0.3, 0.4) is 0 Å². The zero-order valence-corrected chi connectivity index (χ0v) is 16.0. The molecule has 1 aromatic carbocycles. The zero-order valence-electron chi connectivity index (χ0n) is 16.0. The summed E-state index contributed by atoms with van der Waals surface area (Å²) in [6, 6.07) is 3.94. The van der Waals surface area contributed by atoms with Crippen LogP contribution in [0.15, 0.2) is 40.1 Å². The summed E-state index contributed by atoms with van der Waals surface area (Å²) in [6.07, 6.45) is 0.0873. The molecule has 0 amide bonds. The first-order valence-corrected chi connectivity index (χ1v) is 8.34. The monoisotopic (exact) mass is 418 g/mol. The Morgan fingerprint density at radius 2 is 1.90 bits per heavy atom. The van der Waals surface area contributed by atoms with E-state index in [1.54, 1.807) is 0 Å². The maximum atomic E-state index is 14.3. The van der Waals surface area contributed by atoms with Gasteiger partial charge in [0.15, 0.2) is 11.6 Å². The van der Waals surface area contributed by atoms with Crippen LogP contribution < -0.4 is 21.0 Å². The molecule has 2 aromatic heterocycles. The number of methoxy groups -OCH3 is 1. The van der Waals surface area contributed by atoms with E-state index in [-0.39, 0.29) is 28.2 Å². The van der Waals surface area contributed by atoms with Crippen molar-refractivity contribution >= 4 is 34.3 Å². The normalized spacial score (nSPS) is 10.7. The number of hydrogen-bond donors (Lipinski definition) is 1. The predicted molar refractivity (Wildman–Crippen MR) is 104 cm³/mol. The zero-order chi connectivity index (χ0) is 22.2. The van der Waals surface area contributed by atoms with Gasteiger partial charge in [-0.1, -0.05) is 0 Å². The number of halogens is 1. The van der Waals surface area contributed by atoms with Gasteiger partial charge in [-0.25, -0.2) is 9.18 Å². The number of benzene rings is 1. The fraction of sp³-hybridized carbons (Fsp3) is 0.167. The number of nitrogens with one attached hydrogen (secondary N) is 1. The van der Waals surface area contributed by atoms with Gasteiger partial charge in [0.05, 0.1) is 41.1 Å². The molecule has 0 aliphatic rings. The van der Waals surface area contributed by atoms with E-state index in [0.29, 0.717) is 6.07 Å². The van der Waals surface area contributed by atoms with Crippen molar-refractivity contribution in [2.45, 2.75) is 0 Å². The maximum Gasteiger partial charge on any atom is 0.513 e. The van der Waals surface area contributed by atoms with Gasteiger partial charge in [-0.05, 0) is 6.07 Å². The molecule has 0 radical (unpaired) electrons. The number of aryl methyl sites for hydroxylation is 2. The number of nitrogens with zero attached hydrogens (tertiary/aromatic N) is 3. The summed E-state index contributed by atoms with van der Waals surface area (Å²) < 4.78 is 26.2. The third kappa shape index (κ3) is 3.57. The summed E-state index contributed by atoms with van der Waals surface area (Å²) in [5.74, 6) is -1.33. The summed E-state index contributed by atoms with van der Waals surface area (Å²) >= 11 is 0. The molecule has 11 nitrogen and oxygen atoms in total. The Bertz CT molecular complexity index is 1310. The molecule has 0 bridgehead atoms. The molecule has 0 atom stereocenters. The molecule has 0 spiro atoms. The van der Waals surface area contributed by atoms with E-state index < -0.39 is 33.6 Å². The van der Waals surface area contributed by atoms with Crippen molar-refractivity contribution in [2.24, 2.45) is 14.1 Å². The molecule has 0 saturated carbocycles. The van der Waals surface area contributed by atoms with Gasteiger partial charge in [0.25, 0.3) is 11.2 Å². The van der Waals surface area contributed by atoms with Crippen LogP contribution >= 0.6 is 0 Å². The van der Waals surface area contributed by atoms with E-state index in [1.165, 1.54) is 29.4 Å². The van der Waals surface area contributed by atoms with Crippen LogP contribution in [-0.2, 0) is 18.8 Å². The van der Waals surface area contributed by atoms with Crippen LogP contribution in [0.5, 0.6) is 5.75 Å². The molecule has 0 fully saturated rings.